The van der Waals surface area contributed by atoms with Gasteiger partial charge in [0.25, 0.3) is 5.91 Å². The van der Waals surface area contributed by atoms with Crippen LogP contribution in [0.3, 0.4) is 0 Å². The lowest BCUT2D eigenvalue weighted by Crippen LogP contribution is -2.48. The summed E-state index contributed by atoms with van der Waals surface area (Å²) < 4.78 is 27.3. The van der Waals surface area contributed by atoms with E-state index in [1.54, 1.807) is 12.1 Å². The maximum absolute atomic E-state index is 13.7. The molecule has 0 saturated heterocycles. The molecule has 3 aromatic rings. The van der Waals surface area contributed by atoms with Gasteiger partial charge in [-0.2, -0.15) is 0 Å². The number of nitrogens with zero attached hydrogens (tertiary/aromatic N) is 1. The third kappa shape index (κ3) is 6.93. The van der Waals surface area contributed by atoms with Crippen molar-refractivity contribution in [2.75, 3.05) is 6.54 Å². The topological polar surface area (TPSA) is 74.2 Å². The number of hydrogen-bond donors (Lipinski definition) is 3. The van der Waals surface area contributed by atoms with Crippen molar-refractivity contribution in [2.24, 2.45) is 0 Å². The first-order valence-electron chi connectivity index (χ1n) is 10.6. The van der Waals surface area contributed by atoms with Crippen molar-refractivity contribution in [2.45, 2.75) is 38.5 Å². The highest BCUT2D eigenvalue weighted by atomic mass is 19.1. The Hall–Kier alpha value is -3.16. The molecule has 2 aromatic carbocycles. The lowest BCUT2D eigenvalue weighted by atomic mass is 10.00. The molecule has 2 atom stereocenters. The van der Waals surface area contributed by atoms with Crippen molar-refractivity contribution >= 4 is 5.91 Å². The molecule has 5 nitrogen and oxygen atoms in total. The van der Waals surface area contributed by atoms with Crippen LogP contribution in [-0.2, 0) is 19.4 Å². The fourth-order valence-corrected chi connectivity index (χ4v) is 3.49. The molecule has 1 amide bonds. The van der Waals surface area contributed by atoms with Gasteiger partial charge in [0.05, 0.1) is 12.1 Å². The summed E-state index contributed by atoms with van der Waals surface area (Å²) >= 11 is 0. The molecular weight excluding hydrogens is 412 g/mol. The van der Waals surface area contributed by atoms with Crippen LogP contribution in [0.1, 0.15) is 34.0 Å². The molecule has 0 saturated carbocycles. The molecule has 3 N–H and O–H groups in total. The molecule has 1 heterocycles. The average molecular weight is 440 g/mol. The number of aryl methyl sites for hydroxylation is 1. The lowest BCUT2D eigenvalue weighted by molar-refractivity contribution is 0.0829. The molecule has 0 unspecified atom stereocenters. The van der Waals surface area contributed by atoms with Gasteiger partial charge in [-0.25, -0.2) is 8.78 Å². The first-order valence-corrected chi connectivity index (χ1v) is 10.6. The largest absolute Gasteiger partial charge is 0.390 e. The van der Waals surface area contributed by atoms with Crippen LogP contribution >= 0.6 is 0 Å². The van der Waals surface area contributed by atoms with E-state index >= 15 is 0 Å². The molecule has 1 aromatic heterocycles. The van der Waals surface area contributed by atoms with Crippen molar-refractivity contribution in [1.29, 1.82) is 0 Å². The molecular formula is C25H27F2N3O2. The number of aliphatic hydroxyl groups is 1. The zero-order valence-electron chi connectivity index (χ0n) is 17.9. The highest BCUT2D eigenvalue weighted by Crippen LogP contribution is 2.13. The second kappa shape index (κ2) is 11.5. The van der Waals surface area contributed by atoms with Gasteiger partial charge in [0.15, 0.2) is 0 Å². The van der Waals surface area contributed by atoms with E-state index in [-0.39, 0.29) is 13.0 Å². The minimum absolute atomic E-state index is 0.0691. The number of aromatic nitrogens is 1. The molecule has 0 bridgehead atoms. The third-order valence-electron chi connectivity index (χ3n) is 5.18. The molecule has 3 rings (SSSR count). The monoisotopic (exact) mass is 439 g/mol. The number of carbonyl (C=O) groups is 1. The maximum atomic E-state index is 13.7. The van der Waals surface area contributed by atoms with Crippen molar-refractivity contribution in [3.63, 3.8) is 0 Å². The summed E-state index contributed by atoms with van der Waals surface area (Å²) in [7, 11) is 0. The lowest BCUT2D eigenvalue weighted by Gasteiger charge is -2.25. The van der Waals surface area contributed by atoms with E-state index in [0.29, 0.717) is 17.7 Å². The molecule has 7 heteroatoms. The van der Waals surface area contributed by atoms with E-state index in [1.807, 2.05) is 12.1 Å². The number of aliphatic hydroxyl groups excluding tert-OH is 1. The summed E-state index contributed by atoms with van der Waals surface area (Å²) in [5, 5.41) is 16.8. The van der Waals surface area contributed by atoms with Gasteiger partial charge in [-0.15, -0.1) is 0 Å². The van der Waals surface area contributed by atoms with Crippen LogP contribution < -0.4 is 10.6 Å². The van der Waals surface area contributed by atoms with Crippen molar-refractivity contribution < 1.29 is 18.7 Å². The number of hydrogen-bond acceptors (Lipinski definition) is 4. The number of halogens is 2. The Morgan fingerprint density at radius 3 is 2.38 bits per heavy atom. The summed E-state index contributed by atoms with van der Waals surface area (Å²) in [6.07, 6.45) is 3.01. The first kappa shape index (κ1) is 23.5. The van der Waals surface area contributed by atoms with E-state index < -0.39 is 29.7 Å². The van der Waals surface area contributed by atoms with E-state index in [1.165, 1.54) is 30.1 Å². The third-order valence-corrected chi connectivity index (χ3v) is 5.18. The molecule has 0 aliphatic rings. The highest BCUT2D eigenvalue weighted by molar-refractivity contribution is 5.94. The highest BCUT2D eigenvalue weighted by Gasteiger charge is 2.23. The summed E-state index contributed by atoms with van der Waals surface area (Å²) in [5.41, 5.74) is 3.03. The fourth-order valence-electron chi connectivity index (χ4n) is 3.49. The zero-order valence-corrected chi connectivity index (χ0v) is 17.9. The number of amides is 1. The predicted molar refractivity (Wildman–Crippen MR) is 119 cm³/mol. The molecule has 168 valence electrons. The van der Waals surface area contributed by atoms with Crippen LogP contribution in [0.5, 0.6) is 0 Å². The van der Waals surface area contributed by atoms with Crippen LogP contribution in [0.25, 0.3) is 0 Å². The summed E-state index contributed by atoms with van der Waals surface area (Å²) in [6.45, 7) is 2.82. The Balaban J connectivity index is 1.68. The Morgan fingerprint density at radius 1 is 1.00 bits per heavy atom. The normalized spacial score (nSPS) is 12.9. The van der Waals surface area contributed by atoms with E-state index in [9.17, 15) is 18.7 Å². The van der Waals surface area contributed by atoms with Crippen LogP contribution in [0, 0.1) is 11.6 Å². The summed E-state index contributed by atoms with van der Waals surface area (Å²) in [6, 6.07) is 13.7. The van der Waals surface area contributed by atoms with Gasteiger partial charge in [-0.05, 0) is 53.8 Å². The maximum Gasteiger partial charge on any atom is 0.251 e. The molecule has 0 aliphatic carbocycles. The van der Waals surface area contributed by atoms with Gasteiger partial charge in [0, 0.05) is 37.1 Å². The summed E-state index contributed by atoms with van der Waals surface area (Å²) in [5.74, 6) is -1.81. The Labute approximate surface area is 186 Å². The van der Waals surface area contributed by atoms with Gasteiger partial charge in [-0.3, -0.25) is 9.78 Å². The van der Waals surface area contributed by atoms with Crippen LogP contribution in [0.4, 0.5) is 8.78 Å². The molecule has 0 spiro atoms. The fraction of sp³-hybridized carbons (Fsp3) is 0.280. The SMILES string of the molecule is CCc1cccc(CNC[C@H](O)[C@H](Cc2cc(F)cc(F)c2)NC(=O)c2ccncc2)c1. The van der Waals surface area contributed by atoms with Crippen LogP contribution in [-0.4, -0.2) is 34.7 Å². The average Bonchev–Trinajstić information content (AvgIpc) is 2.78. The Bertz CT molecular complexity index is 1010. The van der Waals surface area contributed by atoms with Gasteiger partial charge in [0.1, 0.15) is 11.6 Å². The molecule has 0 fully saturated rings. The quantitative estimate of drug-likeness (QED) is 0.453. The van der Waals surface area contributed by atoms with E-state index in [0.717, 1.165) is 18.1 Å². The van der Waals surface area contributed by atoms with E-state index in [2.05, 4.69) is 34.7 Å². The Kier molecular flexibility index (Phi) is 8.41. The first-order chi connectivity index (χ1) is 15.4. The minimum Gasteiger partial charge on any atom is -0.390 e. The number of rotatable bonds is 10. The number of carbonyl (C=O) groups excluding carboxylic acids is 1. The van der Waals surface area contributed by atoms with E-state index in [4.69, 9.17) is 0 Å². The van der Waals surface area contributed by atoms with Crippen molar-refractivity contribution in [1.82, 2.24) is 15.6 Å². The van der Waals surface area contributed by atoms with Gasteiger partial charge in [0.2, 0.25) is 0 Å². The molecule has 0 aliphatic heterocycles. The van der Waals surface area contributed by atoms with Gasteiger partial charge < -0.3 is 15.7 Å². The summed E-state index contributed by atoms with van der Waals surface area (Å²) in [4.78, 5) is 16.5. The van der Waals surface area contributed by atoms with Crippen molar-refractivity contribution in [3.05, 3.63) is 101 Å². The van der Waals surface area contributed by atoms with Crippen LogP contribution in [0.2, 0.25) is 0 Å². The zero-order chi connectivity index (χ0) is 22.9. The molecule has 0 radical (unpaired) electrons. The predicted octanol–water partition coefficient (Wildman–Crippen LogP) is 3.41. The second-order valence-corrected chi connectivity index (χ2v) is 7.67. The molecule has 32 heavy (non-hydrogen) atoms. The van der Waals surface area contributed by atoms with Crippen molar-refractivity contribution in [3.8, 4) is 0 Å². The standard InChI is InChI=1S/C25H27F2N3O2/c1-2-17-4-3-5-18(10-17)15-29-16-24(31)23(13-19-11-21(26)14-22(27)12-19)30-25(32)20-6-8-28-9-7-20/h3-12,14,23-24,29,31H,2,13,15-16H2,1H3,(H,30,32)/t23-,24-/m0/s1. The number of benzene rings is 2. The number of pyridine rings is 1. The minimum atomic E-state index is -0.985. The van der Waals surface area contributed by atoms with Gasteiger partial charge in [-0.1, -0.05) is 31.2 Å². The number of nitrogens with one attached hydrogen (secondary N) is 2. The van der Waals surface area contributed by atoms with Gasteiger partial charge >= 0.3 is 0 Å². The van der Waals surface area contributed by atoms with Crippen LogP contribution in [0.15, 0.2) is 67.0 Å². The smallest absolute Gasteiger partial charge is 0.251 e. The Morgan fingerprint density at radius 2 is 1.69 bits per heavy atom. The second-order valence-electron chi connectivity index (χ2n) is 7.67.